The molecule has 16 heavy (non-hydrogen) atoms. The fraction of sp³-hybridized carbons (Fsp3) is 0.364. The molecule has 0 amide bonds. The number of carbonyl (C=O) groups is 1. The summed E-state index contributed by atoms with van der Waals surface area (Å²) in [5.41, 5.74) is 0.299. The van der Waals surface area contributed by atoms with E-state index in [9.17, 15) is 18.3 Å². The minimum atomic E-state index is -3.73. The van der Waals surface area contributed by atoms with Gasteiger partial charge in [-0.3, -0.25) is 4.79 Å². The number of rotatable bonds is 4. The highest BCUT2D eigenvalue weighted by Crippen LogP contribution is 2.33. The van der Waals surface area contributed by atoms with Crippen molar-refractivity contribution in [1.29, 1.82) is 0 Å². The number of hydrogen-bond donors (Lipinski definition) is 1. The van der Waals surface area contributed by atoms with Crippen molar-refractivity contribution in [2.45, 2.75) is 18.1 Å². The number of aliphatic carboxylic acids is 1. The van der Waals surface area contributed by atoms with Gasteiger partial charge in [0.05, 0.1) is 0 Å². The summed E-state index contributed by atoms with van der Waals surface area (Å²) in [5.74, 6) is -1.33. The second kappa shape index (κ2) is 4.25. The Balaban J connectivity index is 3.55. The van der Waals surface area contributed by atoms with Crippen LogP contribution < -0.4 is 0 Å². The van der Waals surface area contributed by atoms with Crippen LogP contribution in [0.2, 0.25) is 0 Å². The Bertz CT molecular complexity index is 478. The van der Waals surface area contributed by atoms with E-state index in [2.05, 4.69) is 0 Å². The van der Waals surface area contributed by atoms with E-state index in [-0.39, 0.29) is 6.42 Å². The molecular weight excluding hydrogens is 228 g/mol. The molecule has 88 valence electrons. The van der Waals surface area contributed by atoms with Crippen molar-refractivity contribution in [3.8, 4) is 0 Å². The summed E-state index contributed by atoms with van der Waals surface area (Å²) >= 11 is 0. The van der Waals surface area contributed by atoms with Crippen LogP contribution in [-0.4, -0.2) is 25.7 Å². The molecule has 0 heterocycles. The van der Waals surface area contributed by atoms with E-state index >= 15 is 0 Å². The second-order valence-electron chi connectivity index (χ2n) is 3.62. The zero-order valence-corrected chi connectivity index (χ0v) is 9.99. The number of carboxylic acids is 1. The van der Waals surface area contributed by atoms with Crippen molar-refractivity contribution in [1.82, 2.24) is 0 Å². The van der Waals surface area contributed by atoms with E-state index < -0.39 is 20.6 Å². The molecular formula is C11H14O4S. The van der Waals surface area contributed by atoms with Gasteiger partial charge >= 0.3 is 5.97 Å². The third kappa shape index (κ3) is 1.82. The summed E-state index contributed by atoms with van der Waals surface area (Å²) in [6.07, 6.45) is 0.961. The lowest BCUT2D eigenvalue weighted by Gasteiger charge is -2.26. The fourth-order valence-electron chi connectivity index (χ4n) is 1.82. The average Bonchev–Trinajstić information content (AvgIpc) is 2.18. The maximum atomic E-state index is 11.7. The fourth-order valence-corrected chi connectivity index (χ4v) is 3.23. The van der Waals surface area contributed by atoms with Crippen molar-refractivity contribution < 1.29 is 18.3 Å². The number of carboxylic acid groups (broad SMARTS) is 1. The molecule has 0 saturated carbocycles. The van der Waals surface area contributed by atoms with Crippen LogP contribution in [0.4, 0.5) is 0 Å². The van der Waals surface area contributed by atoms with Gasteiger partial charge in [0.1, 0.15) is 0 Å². The number of sulfone groups is 1. The van der Waals surface area contributed by atoms with Crippen molar-refractivity contribution in [2.24, 2.45) is 0 Å². The quantitative estimate of drug-likeness (QED) is 0.866. The van der Waals surface area contributed by atoms with Gasteiger partial charge in [-0.15, -0.1) is 0 Å². The van der Waals surface area contributed by atoms with Crippen LogP contribution in [0.25, 0.3) is 0 Å². The summed E-state index contributed by atoms with van der Waals surface area (Å²) in [6, 6.07) is 8.03. The molecule has 0 saturated heterocycles. The molecule has 1 rings (SSSR count). The predicted octanol–water partition coefficient (Wildman–Crippen LogP) is 1.42. The lowest BCUT2D eigenvalue weighted by Crippen LogP contribution is -2.42. The normalized spacial score (nSPS) is 15.4. The van der Waals surface area contributed by atoms with Gasteiger partial charge in [-0.25, -0.2) is 8.42 Å². The van der Waals surface area contributed by atoms with Crippen LogP contribution in [0, 0.1) is 0 Å². The van der Waals surface area contributed by atoms with E-state index in [1.165, 1.54) is 12.1 Å². The van der Waals surface area contributed by atoms with E-state index in [1.54, 1.807) is 25.1 Å². The van der Waals surface area contributed by atoms with Gasteiger partial charge in [0.2, 0.25) is 0 Å². The van der Waals surface area contributed by atoms with E-state index in [0.29, 0.717) is 5.56 Å². The van der Waals surface area contributed by atoms with E-state index in [4.69, 9.17) is 0 Å². The van der Waals surface area contributed by atoms with Crippen LogP contribution in [0.5, 0.6) is 0 Å². The average molecular weight is 242 g/mol. The predicted molar refractivity (Wildman–Crippen MR) is 60.9 cm³/mol. The lowest BCUT2D eigenvalue weighted by molar-refractivity contribution is -0.140. The van der Waals surface area contributed by atoms with Gasteiger partial charge < -0.3 is 5.11 Å². The van der Waals surface area contributed by atoms with E-state index in [1.807, 2.05) is 0 Å². The number of hydrogen-bond acceptors (Lipinski definition) is 3. The van der Waals surface area contributed by atoms with Crippen LogP contribution in [0.1, 0.15) is 18.9 Å². The Morgan fingerprint density at radius 2 is 1.81 bits per heavy atom. The van der Waals surface area contributed by atoms with E-state index in [0.717, 1.165) is 6.26 Å². The Kier molecular flexibility index (Phi) is 3.38. The first-order chi connectivity index (χ1) is 7.36. The summed E-state index contributed by atoms with van der Waals surface area (Å²) in [5, 5.41) is 9.23. The van der Waals surface area contributed by atoms with Crippen LogP contribution >= 0.6 is 0 Å². The molecule has 0 aliphatic heterocycles. The first-order valence-electron chi connectivity index (χ1n) is 4.84. The Labute approximate surface area is 94.8 Å². The molecule has 0 fully saturated rings. The molecule has 1 aromatic rings. The molecule has 1 aromatic carbocycles. The summed E-state index contributed by atoms with van der Waals surface area (Å²) in [7, 11) is -3.73. The Morgan fingerprint density at radius 3 is 2.12 bits per heavy atom. The standard InChI is InChI=1S/C11H14O4S/c1-3-11(10(12)13,16(2,14)15)9-7-5-4-6-8-9/h4-8H,3H2,1-2H3,(H,12,13). The topological polar surface area (TPSA) is 71.4 Å². The zero-order chi connectivity index (χ0) is 12.4. The minimum Gasteiger partial charge on any atom is -0.480 e. The largest absolute Gasteiger partial charge is 0.480 e. The highest BCUT2D eigenvalue weighted by molar-refractivity contribution is 7.92. The summed E-state index contributed by atoms with van der Waals surface area (Å²) in [4.78, 5) is 11.3. The first-order valence-corrected chi connectivity index (χ1v) is 6.74. The third-order valence-electron chi connectivity index (χ3n) is 2.72. The highest BCUT2D eigenvalue weighted by atomic mass is 32.2. The van der Waals surface area contributed by atoms with Crippen LogP contribution in [0.3, 0.4) is 0 Å². The van der Waals surface area contributed by atoms with Gasteiger partial charge in [0, 0.05) is 6.26 Å². The van der Waals surface area contributed by atoms with Crippen molar-refractivity contribution in [3.63, 3.8) is 0 Å². The molecule has 1 N–H and O–H groups in total. The summed E-state index contributed by atoms with van der Waals surface area (Å²) < 4.78 is 21.7. The van der Waals surface area contributed by atoms with Gasteiger partial charge in [-0.05, 0) is 12.0 Å². The van der Waals surface area contributed by atoms with Crippen molar-refractivity contribution in [3.05, 3.63) is 35.9 Å². The third-order valence-corrected chi connectivity index (χ3v) is 4.68. The molecule has 0 aliphatic rings. The second-order valence-corrected chi connectivity index (χ2v) is 5.87. The molecule has 4 nitrogen and oxygen atoms in total. The van der Waals surface area contributed by atoms with Gasteiger partial charge in [-0.1, -0.05) is 37.3 Å². The first kappa shape index (κ1) is 12.7. The lowest BCUT2D eigenvalue weighted by atomic mass is 9.95. The monoisotopic (exact) mass is 242 g/mol. The molecule has 0 spiro atoms. The SMILES string of the molecule is CCC(C(=O)O)(c1ccccc1)S(C)(=O)=O. The maximum Gasteiger partial charge on any atom is 0.329 e. The molecule has 1 unspecified atom stereocenters. The smallest absolute Gasteiger partial charge is 0.329 e. The van der Waals surface area contributed by atoms with Crippen molar-refractivity contribution in [2.75, 3.05) is 6.26 Å². The Morgan fingerprint density at radius 1 is 1.31 bits per heavy atom. The molecule has 1 atom stereocenters. The molecule has 0 aliphatic carbocycles. The summed E-state index contributed by atoms with van der Waals surface area (Å²) in [6.45, 7) is 1.56. The molecule has 0 radical (unpaired) electrons. The van der Waals surface area contributed by atoms with Gasteiger partial charge in [-0.2, -0.15) is 0 Å². The van der Waals surface area contributed by atoms with Crippen LogP contribution in [0.15, 0.2) is 30.3 Å². The maximum absolute atomic E-state index is 11.7. The minimum absolute atomic E-state index is 0.00514. The molecule has 5 heteroatoms. The number of benzene rings is 1. The van der Waals surface area contributed by atoms with Gasteiger partial charge in [0.15, 0.2) is 14.6 Å². The van der Waals surface area contributed by atoms with Gasteiger partial charge in [0.25, 0.3) is 0 Å². The van der Waals surface area contributed by atoms with Crippen molar-refractivity contribution >= 4 is 15.8 Å². The molecule has 0 aromatic heterocycles. The van der Waals surface area contributed by atoms with Crippen LogP contribution in [-0.2, 0) is 19.4 Å². The molecule has 0 bridgehead atoms. The highest BCUT2D eigenvalue weighted by Gasteiger charge is 2.48. The zero-order valence-electron chi connectivity index (χ0n) is 9.17. The Hall–Kier alpha value is -1.36.